The highest BCUT2D eigenvalue weighted by Crippen LogP contribution is 2.31. The second kappa shape index (κ2) is 6.86. The molecule has 0 radical (unpaired) electrons. The second-order valence-corrected chi connectivity index (χ2v) is 4.84. The quantitative estimate of drug-likeness (QED) is 0.718. The van der Waals surface area contributed by atoms with E-state index in [4.69, 9.17) is 0 Å². The number of carbonyl (C=O) groups is 1. The Kier molecular flexibility index (Phi) is 5.74. The average molecular weight is 211 g/mol. The fourth-order valence-electron chi connectivity index (χ4n) is 2.66. The molecule has 2 nitrogen and oxygen atoms in total. The normalized spacial score (nSPS) is 19.1. The van der Waals surface area contributed by atoms with Crippen LogP contribution in [0.5, 0.6) is 0 Å². The molecule has 0 heterocycles. The molecule has 1 amide bonds. The first kappa shape index (κ1) is 12.5. The Hall–Kier alpha value is -0.530. The lowest BCUT2D eigenvalue weighted by Crippen LogP contribution is -2.28. The number of hydrogen-bond acceptors (Lipinski definition) is 1. The second-order valence-electron chi connectivity index (χ2n) is 4.84. The first-order chi connectivity index (χ1) is 7.27. The summed E-state index contributed by atoms with van der Waals surface area (Å²) in [7, 11) is 1.76. The van der Waals surface area contributed by atoms with Crippen molar-refractivity contribution in [2.75, 3.05) is 7.05 Å². The molecule has 0 spiro atoms. The molecule has 1 saturated carbocycles. The van der Waals surface area contributed by atoms with Crippen LogP contribution in [0.2, 0.25) is 0 Å². The van der Waals surface area contributed by atoms with Gasteiger partial charge in [-0.2, -0.15) is 0 Å². The van der Waals surface area contributed by atoms with Crippen LogP contribution in [0.25, 0.3) is 0 Å². The summed E-state index contributed by atoms with van der Waals surface area (Å²) in [5, 5.41) is 2.81. The topological polar surface area (TPSA) is 29.1 Å². The maximum absolute atomic E-state index is 11.7. The highest BCUT2D eigenvalue weighted by atomic mass is 16.1. The van der Waals surface area contributed by atoms with Gasteiger partial charge in [0, 0.05) is 13.0 Å². The van der Waals surface area contributed by atoms with Crippen LogP contribution < -0.4 is 5.32 Å². The molecule has 15 heavy (non-hydrogen) atoms. The Morgan fingerprint density at radius 3 is 2.60 bits per heavy atom. The van der Waals surface area contributed by atoms with Crippen LogP contribution in [-0.4, -0.2) is 13.0 Å². The lowest BCUT2D eigenvalue weighted by molar-refractivity contribution is -0.125. The SMILES string of the molecule is CCCCC(CC1CCCC1)C(=O)NC. The Balaban J connectivity index is 2.36. The number of amides is 1. The van der Waals surface area contributed by atoms with Crippen molar-refractivity contribution in [1.29, 1.82) is 0 Å². The van der Waals surface area contributed by atoms with E-state index in [1.807, 2.05) is 0 Å². The van der Waals surface area contributed by atoms with Crippen LogP contribution >= 0.6 is 0 Å². The predicted octanol–water partition coefficient (Wildman–Crippen LogP) is 3.12. The standard InChI is InChI=1S/C13H25NO/c1-3-4-9-12(13(15)14-2)10-11-7-5-6-8-11/h11-12H,3-10H2,1-2H3,(H,14,15). The van der Waals surface area contributed by atoms with Crippen molar-refractivity contribution in [2.45, 2.75) is 58.3 Å². The summed E-state index contributed by atoms with van der Waals surface area (Å²) in [6, 6.07) is 0. The number of unbranched alkanes of at least 4 members (excludes halogenated alkanes) is 1. The zero-order valence-electron chi connectivity index (χ0n) is 10.2. The lowest BCUT2D eigenvalue weighted by atomic mass is 9.89. The largest absolute Gasteiger partial charge is 0.359 e. The Morgan fingerprint density at radius 1 is 1.40 bits per heavy atom. The molecule has 1 unspecified atom stereocenters. The van der Waals surface area contributed by atoms with Crippen molar-refractivity contribution in [3.63, 3.8) is 0 Å². The Morgan fingerprint density at radius 2 is 2.07 bits per heavy atom. The molecule has 0 aromatic heterocycles. The molecule has 1 rings (SSSR count). The zero-order valence-corrected chi connectivity index (χ0v) is 10.2. The van der Waals surface area contributed by atoms with Crippen molar-refractivity contribution < 1.29 is 4.79 Å². The Labute approximate surface area is 93.8 Å². The van der Waals surface area contributed by atoms with Gasteiger partial charge in [-0.1, -0.05) is 45.4 Å². The monoisotopic (exact) mass is 211 g/mol. The molecule has 1 atom stereocenters. The molecule has 88 valence electrons. The van der Waals surface area contributed by atoms with E-state index < -0.39 is 0 Å². The van der Waals surface area contributed by atoms with Crippen molar-refractivity contribution in [3.05, 3.63) is 0 Å². The molecular formula is C13H25NO. The fourth-order valence-corrected chi connectivity index (χ4v) is 2.66. The van der Waals surface area contributed by atoms with Gasteiger partial charge in [0.2, 0.25) is 5.91 Å². The number of hydrogen-bond donors (Lipinski definition) is 1. The summed E-state index contributed by atoms with van der Waals surface area (Å²) in [6.45, 7) is 2.19. The predicted molar refractivity (Wildman–Crippen MR) is 63.7 cm³/mol. The third-order valence-corrected chi connectivity index (χ3v) is 3.62. The van der Waals surface area contributed by atoms with E-state index in [9.17, 15) is 4.79 Å². The van der Waals surface area contributed by atoms with E-state index in [0.717, 1.165) is 18.8 Å². The van der Waals surface area contributed by atoms with Gasteiger partial charge in [-0.15, -0.1) is 0 Å². The molecular weight excluding hydrogens is 186 g/mol. The third-order valence-electron chi connectivity index (χ3n) is 3.62. The minimum absolute atomic E-state index is 0.260. The molecule has 0 aromatic rings. The maximum Gasteiger partial charge on any atom is 0.222 e. The van der Waals surface area contributed by atoms with E-state index >= 15 is 0 Å². The minimum atomic E-state index is 0.260. The first-order valence-corrected chi connectivity index (χ1v) is 6.49. The number of carbonyl (C=O) groups excluding carboxylic acids is 1. The van der Waals surface area contributed by atoms with Crippen molar-refractivity contribution in [1.82, 2.24) is 5.32 Å². The number of rotatable bonds is 6. The van der Waals surface area contributed by atoms with E-state index in [0.29, 0.717) is 0 Å². The van der Waals surface area contributed by atoms with E-state index in [1.165, 1.54) is 38.5 Å². The van der Waals surface area contributed by atoms with E-state index in [-0.39, 0.29) is 11.8 Å². The van der Waals surface area contributed by atoms with Crippen LogP contribution in [0, 0.1) is 11.8 Å². The zero-order chi connectivity index (χ0) is 11.1. The van der Waals surface area contributed by atoms with Gasteiger partial charge >= 0.3 is 0 Å². The third kappa shape index (κ3) is 4.23. The lowest BCUT2D eigenvalue weighted by Gasteiger charge is -2.18. The molecule has 0 aliphatic heterocycles. The molecule has 0 saturated heterocycles. The summed E-state index contributed by atoms with van der Waals surface area (Å²) in [5.41, 5.74) is 0. The van der Waals surface area contributed by atoms with Gasteiger partial charge in [-0.25, -0.2) is 0 Å². The van der Waals surface area contributed by atoms with Gasteiger partial charge in [-0.05, 0) is 18.8 Å². The highest BCUT2D eigenvalue weighted by molar-refractivity contribution is 5.78. The molecule has 1 fully saturated rings. The van der Waals surface area contributed by atoms with Crippen molar-refractivity contribution in [3.8, 4) is 0 Å². The van der Waals surface area contributed by atoms with Crippen LogP contribution in [0.15, 0.2) is 0 Å². The van der Waals surface area contributed by atoms with Crippen LogP contribution in [0.3, 0.4) is 0 Å². The molecule has 2 heteroatoms. The van der Waals surface area contributed by atoms with E-state index in [1.54, 1.807) is 7.05 Å². The van der Waals surface area contributed by atoms with Gasteiger partial charge in [0.1, 0.15) is 0 Å². The van der Waals surface area contributed by atoms with Gasteiger partial charge in [0.15, 0.2) is 0 Å². The molecule has 0 aromatic carbocycles. The Bertz CT molecular complexity index is 185. The molecule has 1 N–H and O–H groups in total. The maximum atomic E-state index is 11.7. The van der Waals surface area contributed by atoms with Gasteiger partial charge in [0.05, 0.1) is 0 Å². The smallest absolute Gasteiger partial charge is 0.222 e. The minimum Gasteiger partial charge on any atom is -0.359 e. The summed E-state index contributed by atoms with van der Waals surface area (Å²) in [4.78, 5) is 11.7. The van der Waals surface area contributed by atoms with Crippen LogP contribution in [0.4, 0.5) is 0 Å². The van der Waals surface area contributed by atoms with Crippen molar-refractivity contribution in [2.24, 2.45) is 11.8 Å². The van der Waals surface area contributed by atoms with Crippen molar-refractivity contribution >= 4 is 5.91 Å². The molecule has 0 bridgehead atoms. The highest BCUT2D eigenvalue weighted by Gasteiger charge is 2.23. The van der Waals surface area contributed by atoms with Crippen LogP contribution in [-0.2, 0) is 4.79 Å². The first-order valence-electron chi connectivity index (χ1n) is 6.49. The molecule has 1 aliphatic rings. The summed E-state index contributed by atoms with van der Waals surface area (Å²) < 4.78 is 0. The van der Waals surface area contributed by atoms with Crippen LogP contribution in [0.1, 0.15) is 58.3 Å². The summed E-state index contributed by atoms with van der Waals surface area (Å²) in [5.74, 6) is 1.36. The summed E-state index contributed by atoms with van der Waals surface area (Å²) in [6.07, 6.45) is 10.0. The summed E-state index contributed by atoms with van der Waals surface area (Å²) >= 11 is 0. The van der Waals surface area contributed by atoms with Gasteiger partial charge in [0.25, 0.3) is 0 Å². The molecule has 1 aliphatic carbocycles. The van der Waals surface area contributed by atoms with Gasteiger partial charge in [-0.3, -0.25) is 4.79 Å². The van der Waals surface area contributed by atoms with Gasteiger partial charge < -0.3 is 5.32 Å². The average Bonchev–Trinajstić information content (AvgIpc) is 2.75. The number of nitrogens with one attached hydrogen (secondary N) is 1. The van der Waals surface area contributed by atoms with E-state index in [2.05, 4.69) is 12.2 Å². The fraction of sp³-hybridized carbons (Fsp3) is 0.923.